The van der Waals surface area contributed by atoms with Gasteiger partial charge in [-0.05, 0) is 42.0 Å². The van der Waals surface area contributed by atoms with E-state index in [4.69, 9.17) is 10.5 Å². The second-order valence-electron chi connectivity index (χ2n) is 4.01. The highest BCUT2D eigenvalue weighted by Gasteiger charge is 2.08. The molecule has 5 heteroatoms. The molecule has 0 bridgehead atoms. The minimum absolute atomic E-state index is 0.262. The molecule has 1 atom stereocenters. The van der Waals surface area contributed by atoms with Crippen molar-refractivity contribution < 1.29 is 13.3 Å². The molecule has 1 unspecified atom stereocenters. The molecular formula is C14H14FNO2S. The largest absolute Gasteiger partial charge is 0.497 e. The van der Waals surface area contributed by atoms with Crippen molar-refractivity contribution >= 4 is 16.5 Å². The van der Waals surface area contributed by atoms with Crippen molar-refractivity contribution in [1.29, 1.82) is 0 Å². The first-order valence-electron chi connectivity index (χ1n) is 5.66. The van der Waals surface area contributed by atoms with E-state index in [1.165, 1.54) is 12.1 Å². The average Bonchev–Trinajstić information content (AvgIpc) is 2.42. The Morgan fingerprint density at radius 2 is 1.89 bits per heavy atom. The lowest BCUT2D eigenvalue weighted by molar-refractivity contribution is 0.414. The summed E-state index contributed by atoms with van der Waals surface area (Å²) in [5.74, 6) is 0.580. The molecule has 2 aromatic carbocycles. The van der Waals surface area contributed by atoms with Gasteiger partial charge in [0.05, 0.1) is 23.7 Å². The molecule has 0 fully saturated rings. The first kappa shape index (κ1) is 13.5. The minimum Gasteiger partial charge on any atom is -0.497 e. The summed E-state index contributed by atoms with van der Waals surface area (Å²) in [6.07, 6.45) is 0. The molecule has 0 aliphatic carbocycles. The lowest BCUT2D eigenvalue weighted by Crippen LogP contribution is -2.01. The number of methoxy groups -OCH3 is 1. The molecule has 0 heterocycles. The van der Waals surface area contributed by atoms with Gasteiger partial charge in [-0.15, -0.1) is 0 Å². The fourth-order valence-corrected chi connectivity index (χ4v) is 2.80. The van der Waals surface area contributed by atoms with Crippen molar-refractivity contribution in [2.75, 3.05) is 12.8 Å². The Bertz CT molecular complexity index is 599. The van der Waals surface area contributed by atoms with Crippen LogP contribution in [0.5, 0.6) is 5.75 Å². The number of rotatable bonds is 4. The lowest BCUT2D eigenvalue weighted by atomic mass is 10.2. The van der Waals surface area contributed by atoms with Crippen LogP contribution in [0.2, 0.25) is 0 Å². The van der Waals surface area contributed by atoms with E-state index in [2.05, 4.69) is 0 Å². The van der Waals surface area contributed by atoms with Crippen LogP contribution in [-0.2, 0) is 16.6 Å². The topological polar surface area (TPSA) is 52.3 Å². The molecular weight excluding hydrogens is 265 g/mol. The molecule has 0 saturated carbocycles. The molecule has 0 aliphatic heterocycles. The van der Waals surface area contributed by atoms with Crippen LogP contribution >= 0.6 is 0 Å². The van der Waals surface area contributed by atoms with Gasteiger partial charge in [0.1, 0.15) is 11.6 Å². The molecule has 2 rings (SSSR count). The predicted molar refractivity (Wildman–Crippen MR) is 73.9 cm³/mol. The Balaban J connectivity index is 2.15. The summed E-state index contributed by atoms with van der Waals surface area (Å²) in [6, 6.07) is 11.1. The number of ether oxygens (including phenoxy) is 1. The minimum atomic E-state index is -1.22. The van der Waals surface area contributed by atoms with Crippen molar-refractivity contribution in [3.05, 3.63) is 53.8 Å². The van der Waals surface area contributed by atoms with Crippen molar-refractivity contribution in [2.45, 2.75) is 10.6 Å². The van der Waals surface area contributed by atoms with Crippen LogP contribution in [0, 0.1) is 5.82 Å². The molecule has 0 amide bonds. The highest BCUT2D eigenvalue weighted by molar-refractivity contribution is 7.84. The van der Waals surface area contributed by atoms with E-state index in [1.54, 1.807) is 37.4 Å². The van der Waals surface area contributed by atoms with Crippen LogP contribution in [-0.4, -0.2) is 11.3 Å². The lowest BCUT2D eigenvalue weighted by Gasteiger charge is -2.07. The van der Waals surface area contributed by atoms with Gasteiger partial charge in [-0.25, -0.2) is 4.39 Å². The van der Waals surface area contributed by atoms with Crippen LogP contribution in [0.3, 0.4) is 0 Å². The standard InChI is InChI=1S/C14H14FNO2S/c1-18-12-4-6-13(7-5-12)19(17)9-10-2-3-11(15)8-14(10)16/h2-8H,9,16H2,1H3. The SMILES string of the molecule is COc1ccc(S(=O)Cc2ccc(F)cc2N)cc1. The van der Waals surface area contributed by atoms with Gasteiger partial charge in [0.2, 0.25) is 0 Å². The zero-order valence-corrected chi connectivity index (χ0v) is 11.2. The summed E-state index contributed by atoms with van der Waals surface area (Å²) in [4.78, 5) is 0.685. The zero-order valence-electron chi connectivity index (χ0n) is 10.4. The molecule has 0 saturated heterocycles. The normalized spacial score (nSPS) is 12.1. The van der Waals surface area contributed by atoms with Gasteiger partial charge in [0.25, 0.3) is 0 Å². The Morgan fingerprint density at radius 1 is 1.21 bits per heavy atom. The quantitative estimate of drug-likeness (QED) is 0.875. The summed E-state index contributed by atoms with van der Waals surface area (Å²) in [5.41, 5.74) is 6.70. The monoisotopic (exact) mass is 279 g/mol. The number of hydrogen-bond donors (Lipinski definition) is 1. The van der Waals surface area contributed by atoms with Crippen LogP contribution in [0.4, 0.5) is 10.1 Å². The summed E-state index contributed by atoms with van der Waals surface area (Å²) in [5, 5.41) is 0. The second-order valence-corrected chi connectivity index (χ2v) is 5.46. The Hall–Kier alpha value is -1.88. The molecule has 0 aromatic heterocycles. The van der Waals surface area contributed by atoms with E-state index in [-0.39, 0.29) is 5.75 Å². The maximum Gasteiger partial charge on any atom is 0.125 e. The van der Waals surface area contributed by atoms with Gasteiger partial charge in [-0.2, -0.15) is 0 Å². The van der Waals surface area contributed by atoms with E-state index >= 15 is 0 Å². The van der Waals surface area contributed by atoms with E-state index in [9.17, 15) is 8.60 Å². The first-order valence-corrected chi connectivity index (χ1v) is 6.98. The van der Waals surface area contributed by atoms with E-state index in [1.807, 2.05) is 0 Å². The maximum atomic E-state index is 12.9. The van der Waals surface area contributed by atoms with Gasteiger partial charge in [-0.3, -0.25) is 4.21 Å². The van der Waals surface area contributed by atoms with Crippen molar-refractivity contribution in [3.8, 4) is 5.75 Å². The van der Waals surface area contributed by atoms with Crippen LogP contribution in [0.15, 0.2) is 47.4 Å². The molecule has 0 radical (unpaired) electrons. The Kier molecular flexibility index (Phi) is 4.16. The Labute approximate surface area is 113 Å². The fourth-order valence-electron chi connectivity index (χ4n) is 1.65. The smallest absolute Gasteiger partial charge is 0.125 e. The maximum absolute atomic E-state index is 12.9. The number of nitrogen functional groups attached to an aromatic ring is 1. The van der Waals surface area contributed by atoms with E-state index in [0.29, 0.717) is 21.9 Å². The first-order chi connectivity index (χ1) is 9.10. The zero-order chi connectivity index (χ0) is 13.8. The molecule has 0 spiro atoms. The molecule has 19 heavy (non-hydrogen) atoms. The molecule has 0 aliphatic rings. The molecule has 100 valence electrons. The summed E-state index contributed by atoms with van der Waals surface area (Å²) < 4.78 is 30.1. The van der Waals surface area contributed by atoms with E-state index in [0.717, 1.165) is 0 Å². The third kappa shape index (κ3) is 3.32. The van der Waals surface area contributed by atoms with Gasteiger partial charge in [0, 0.05) is 10.6 Å². The predicted octanol–water partition coefficient (Wildman–Crippen LogP) is 2.72. The fraction of sp³-hybridized carbons (Fsp3) is 0.143. The average molecular weight is 279 g/mol. The number of halogens is 1. The van der Waals surface area contributed by atoms with Crippen molar-refractivity contribution in [2.24, 2.45) is 0 Å². The second kappa shape index (κ2) is 5.84. The van der Waals surface area contributed by atoms with E-state index < -0.39 is 16.6 Å². The third-order valence-electron chi connectivity index (χ3n) is 2.72. The van der Waals surface area contributed by atoms with Gasteiger partial charge < -0.3 is 10.5 Å². The van der Waals surface area contributed by atoms with Crippen LogP contribution in [0.25, 0.3) is 0 Å². The molecule has 2 N–H and O–H groups in total. The number of nitrogens with two attached hydrogens (primary N) is 1. The summed E-state index contributed by atoms with van der Waals surface area (Å²) in [7, 11) is 0.355. The third-order valence-corrected chi connectivity index (χ3v) is 4.09. The van der Waals surface area contributed by atoms with Crippen LogP contribution < -0.4 is 10.5 Å². The number of anilines is 1. The highest BCUT2D eigenvalue weighted by Crippen LogP contribution is 2.20. The highest BCUT2D eigenvalue weighted by atomic mass is 32.2. The van der Waals surface area contributed by atoms with Gasteiger partial charge in [0.15, 0.2) is 0 Å². The molecule has 3 nitrogen and oxygen atoms in total. The Morgan fingerprint density at radius 3 is 2.47 bits per heavy atom. The number of benzene rings is 2. The summed E-state index contributed by atoms with van der Waals surface area (Å²) >= 11 is 0. The molecule has 2 aromatic rings. The van der Waals surface area contributed by atoms with Gasteiger partial charge >= 0.3 is 0 Å². The van der Waals surface area contributed by atoms with Crippen LogP contribution in [0.1, 0.15) is 5.56 Å². The van der Waals surface area contributed by atoms with Crippen molar-refractivity contribution in [1.82, 2.24) is 0 Å². The van der Waals surface area contributed by atoms with Crippen molar-refractivity contribution in [3.63, 3.8) is 0 Å². The summed E-state index contributed by atoms with van der Waals surface area (Å²) in [6.45, 7) is 0. The number of hydrogen-bond acceptors (Lipinski definition) is 3. The van der Waals surface area contributed by atoms with Gasteiger partial charge in [-0.1, -0.05) is 6.07 Å².